The van der Waals surface area contributed by atoms with Crippen molar-refractivity contribution >= 4 is 16.7 Å². The van der Waals surface area contributed by atoms with Gasteiger partial charge in [-0.3, -0.25) is 0 Å². The average molecular weight is 583 g/mol. The van der Waals surface area contributed by atoms with Crippen LogP contribution in [0.15, 0.2) is 66.9 Å². The number of fused-ring (bicyclic) bond motifs is 5. The van der Waals surface area contributed by atoms with Crippen LogP contribution in [0.3, 0.4) is 0 Å². The molecule has 0 saturated heterocycles. The van der Waals surface area contributed by atoms with Crippen LogP contribution in [0.5, 0.6) is 23.0 Å². The Morgan fingerprint density at radius 1 is 1.03 bits per heavy atom. The van der Waals surface area contributed by atoms with Crippen LogP contribution in [-0.4, -0.2) is 26.7 Å². The lowest BCUT2D eigenvalue weighted by atomic mass is 9.95. The third-order valence-corrected chi connectivity index (χ3v) is 6.20. The van der Waals surface area contributed by atoms with E-state index in [1.807, 2.05) is 18.2 Å². The number of aryl methyl sites for hydroxylation is 2. The molecule has 0 unspecified atom stereocenters. The van der Waals surface area contributed by atoms with Crippen molar-refractivity contribution in [3.05, 3.63) is 78.0 Å². The largest absolute Gasteiger partial charge is 1.00 e. The van der Waals surface area contributed by atoms with Gasteiger partial charge in [0.15, 0.2) is 35.7 Å². The number of rotatable bonds is 5. The van der Waals surface area contributed by atoms with Gasteiger partial charge in [0.25, 0.3) is 0 Å². The second kappa shape index (κ2) is 9.61. The molecule has 3 heterocycles. The fourth-order valence-electron chi connectivity index (χ4n) is 4.51. The number of aromatic nitrogens is 1. The number of ether oxygens (including phenoxy) is 5. The zero-order valence-corrected chi connectivity index (χ0v) is 21.1. The number of hydrogen-bond acceptors (Lipinski definition) is 6. The Balaban J connectivity index is 0.00000253. The van der Waals surface area contributed by atoms with Crippen molar-refractivity contribution in [3.63, 3.8) is 0 Å². The van der Waals surface area contributed by atoms with Crippen molar-refractivity contribution in [2.45, 2.75) is 13.0 Å². The second-order valence-corrected chi connectivity index (χ2v) is 8.12. The van der Waals surface area contributed by atoms with Crippen molar-refractivity contribution in [1.82, 2.24) is 0 Å². The molecule has 178 valence electrons. The highest BCUT2D eigenvalue weighted by Gasteiger charge is 2.28. The first-order valence-electron chi connectivity index (χ1n) is 11.0. The smallest absolute Gasteiger partial charge is 0.340 e. The summed E-state index contributed by atoms with van der Waals surface area (Å²) < 4.78 is 30.2. The molecule has 8 heteroatoms. The summed E-state index contributed by atoms with van der Waals surface area (Å²) >= 11 is 0. The number of halogens is 1. The molecule has 6 rings (SSSR count). The summed E-state index contributed by atoms with van der Waals surface area (Å²) in [7, 11) is 1.59. The zero-order valence-electron chi connectivity index (χ0n) is 19.0. The van der Waals surface area contributed by atoms with Crippen molar-refractivity contribution in [1.29, 1.82) is 0 Å². The SMILES string of the molecule is COc1ccc2cc3[n+](cc2c1OCOC(=O)c1ccccc1)CCc1cc2c(cc1-3)OCO2.[I-]. The van der Waals surface area contributed by atoms with Gasteiger partial charge in [0, 0.05) is 12.5 Å². The minimum atomic E-state index is -0.443. The quantitative estimate of drug-likeness (QED) is 0.153. The van der Waals surface area contributed by atoms with E-state index in [-0.39, 0.29) is 37.6 Å². The van der Waals surface area contributed by atoms with Crippen LogP contribution in [0.2, 0.25) is 0 Å². The maximum Gasteiger partial charge on any atom is 0.340 e. The van der Waals surface area contributed by atoms with Gasteiger partial charge in [0.2, 0.25) is 19.3 Å². The Labute approximate surface area is 219 Å². The molecule has 0 aliphatic carbocycles. The third kappa shape index (κ3) is 4.22. The molecule has 0 fully saturated rings. The minimum absolute atomic E-state index is 0. The van der Waals surface area contributed by atoms with Crippen LogP contribution in [0, 0.1) is 0 Å². The molecule has 0 atom stereocenters. The molecule has 0 N–H and O–H groups in total. The lowest BCUT2D eigenvalue weighted by molar-refractivity contribution is -0.686. The number of methoxy groups -OCH3 is 1. The summed E-state index contributed by atoms with van der Waals surface area (Å²) in [5, 5.41) is 1.87. The number of carbonyl (C=O) groups excluding carboxylic acids is 1. The predicted molar refractivity (Wildman–Crippen MR) is 123 cm³/mol. The average Bonchev–Trinajstić information content (AvgIpc) is 3.34. The number of carbonyl (C=O) groups is 1. The van der Waals surface area contributed by atoms with Gasteiger partial charge in [-0.2, -0.15) is 4.57 Å². The summed E-state index contributed by atoms with van der Waals surface area (Å²) in [5.74, 6) is 2.24. The molecule has 7 nitrogen and oxygen atoms in total. The Morgan fingerprint density at radius 3 is 2.63 bits per heavy atom. The zero-order chi connectivity index (χ0) is 23.1. The summed E-state index contributed by atoms with van der Waals surface area (Å²) in [6.45, 7) is 0.847. The molecule has 0 amide bonds. The maximum atomic E-state index is 12.3. The lowest BCUT2D eigenvalue weighted by Gasteiger charge is -2.18. The van der Waals surface area contributed by atoms with Gasteiger partial charge in [-0.05, 0) is 47.3 Å². The van der Waals surface area contributed by atoms with E-state index in [2.05, 4.69) is 29.0 Å². The second-order valence-electron chi connectivity index (χ2n) is 8.12. The van der Waals surface area contributed by atoms with Crippen LogP contribution in [0.1, 0.15) is 15.9 Å². The van der Waals surface area contributed by atoms with E-state index in [9.17, 15) is 4.79 Å². The van der Waals surface area contributed by atoms with Crippen molar-refractivity contribution in [2.75, 3.05) is 20.7 Å². The minimum Gasteiger partial charge on any atom is -1.00 e. The Kier molecular flexibility index (Phi) is 6.38. The first kappa shape index (κ1) is 23.2. The van der Waals surface area contributed by atoms with Crippen LogP contribution < -0.4 is 47.5 Å². The van der Waals surface area contributed by atoms with Gasteiger partial charge in [-0.25, -0.2) is 4.79 Å². The molecule has 3 aromatic carbocycles. The number of esters is 1. The van der Waals surface area contributed by atoms with Crippen LogP contribution in [0.25, 0.3) is 22.0 Å². The van der Waals surface area contributed by atoms with E-state index < -0.39 is 5.97 Å². The highest BCUT2D eigenvalue weighted by molar-refractivity contribution is 5.92. The molecule has 0 spiro atoms. The molecule has 0 saturated carbocycles. The number of hydrogen-bond donors (Lipinski definition) is 0. The molecule has 2 aliphatic rings. The molecular weight excluding hydrogens is 561 g/mol. The highest BCUT2D eigenvalue weighted by Crippen LogP contribution is 2.41. The first-order valence-corrected chi connectivity index (χ1v) is 11.0. The van der Waals surface area contributed by atoms with Crippen LogP contribution in [0.4, 0.5) is 0 Å². The Bertz CT molecular complexity index is 1420. The molecule has 1 aromatic heterocycles. The first-order chi connectivity index (χ1) is 16.7. The van der Waals surface area contributed by atoms with E-state index in [0.717, 1.165) is 46.5 Å². The molecule has 2 aliphatic heterocycles. The van der Waals surface area contributed by atoms with Gasteiger partial charge < -0.3 is 47.7 Å². The summed E-state index contributed by atoms with van der Waals surface area (Å²) in [5.41, 5.74) is 3.94. The van der Waals surface area contributed by atoms with Crippen molar-refractivity contribution in [2.24, 2.45) is 0 Å². The number of benzene rings is 3. The topological polar surface area (TPSA) is 67.1 Å². The van der Waals surface area contributed by atoms with Gasteiger partial charge in [0.1, 0.15) is 0 Å². The number of pyridine rings is 1. The summed E-state index contributed by atoms with van der Waals surface area (Å²) in [6, 6.07) is 19.0. The van der Waals surface area contributed by atoms with E-state index in [4.69, 9.17) is 23.7 Å². The van der Waals surface area contributed by atoms with E-state index in [0.29, 0.717) is 17.1 Å². The van der Waals surface area contributed by atoms with Crippen LogP contribution >= 0.6 is 0 Å². The summed E-state index contributed by atoms with van der Waals surface area (Å²) in [4.78, 5) is 12.3. The van der Waals surface area contributed by atoms with Gasteiger partial charge in [-0.15, -0.1) is 0 Å². The van der Waals surface area contributed by atoms with Crippen molar-refractivity contribution in [3.8, 4) is 34.3 Å². The van der Waals surface area contributed by atoms with Gasteiger partial charge in [-0.1, -0.05) is 18.2 Å². The molecule has 35 heavy (non-hydrogen) atoms. The monoisotopic (exact) mass is 583 g/mol. The molecule has 0 bridgehead atoms. The molecular formula is C27H22INO6. The fourth-order valence-corrected chi connectivity index (χ4v) is 4.51. The van der Waals surface area contributed by atoms with E-state index >= 15 is 0 Å². The molecule has 0 radical (unpaired) electrons. The predicted octanol–water partition coefficient (Wildman–Crippen LogP) is 1.29. The fraction of sp³-hybridized carbons (Fsp3) is 0.185. The summed E-state index contributed by atoms with van der Waals surface area (Å²) in [6.07, 6.45) is 2.94. The lowest BCUT2D eigenvalue weighted by Crippen LogP contribution is -3.00. The van der Waals surface area contributed by atoms with Crippen LogP contribution in [-0.2, 0) is 17.7 Å². The van der Waals surface area contributed by atoms with E-state index in [1.165, 1.54) is 5.56 Å². The van der Waals surface area contributed by atoms with Crippen molar-refractivity contribution < 1.29 is 57.0 Å². The molecule has 4 aromatic rings. The Hall–Kier alpha value is -3.53. The highest BCUT2D eigenvalue weighted by atomic mass is 127. The van der Waals surface area contributed by atoms with Gasteiger partial charge >= 0.3 is 5.97 Å². The number of nitrogens with zero attached hydrogens (tertiary/aromatic N) is 1. The third-order valence-electron chi connectivity index (χ3n) is 6.20. The normalized spacial score (nSPS) is 12.8. The standard InChI is InChI=1S/C27H22NO6.HI/c1-30-23-8-7-18-11-22-20-13-25-24(31-15-32-25)12-19(20)9-10-28(22)14-21(18)26(23)33-16-34-27(29)17-5-3-2-4-6-17;/h2-8,11-14H,9-10,15-16H2,1H3;1H/q+1;/p-1. The Morgan fingerprint density at radius 2 is 1.83 bits per heavy atom. The maximum absolute atomic E-state index is 12.3. The van der Waals surface area contributed by atoms with Gasteiger partial charge in [0.05, 0.1) is 23.6 Å². The van der Waals surface area contributed by atoms with E-state index in [1.54, 1.807) is 31.4 Å².